The van der Waals surface area contributed by atoms with Crippen LogP contribution in [-0.4, -0.2) is 30.4 Å². The summed E-state index contributed by atoms with van der Waals surface area (Å²) >= 11 is 0. The van der Waals surface area contributed by atoms with Crippen molar-refractivity contribution < 1.29 is 9.59 Å². The van der Waals surface area contributed by atoms with Crippen LogP contribution in [0.5, 0.6) is 0 Å². The average molecular weight is 319 g/mol. The molecule has 1 aliphatic heterocycles. The normalized spacial score (nSPS) is 14.1. The number of rotatable bonds is 2. The van der Waals surface area contributed by atoms with Gasteiger partial charge in [0.05, 0.1) is 17.8 Å². The first kappa shape index (κ1) is 14.5. The number of anilines is 2. The van der Waals surface area contributed by atoms with Crippen molar-refractivity contribution >= 4 is 34.1 Å². The Morgan fingerprint density at radius 3 is 2.62 bits per heavy atom. The van der Waals surface area contributed by atoms with Crippen LogP contribution in [0.15, 0.2) is 54.7 Å². The lowest BCUT2D eigenvalue weighted by Crippen LogP contribution is -2.47. The summed E-state index contributed by atoms with van der Waals surface area (Å²) < 4.78 is 0. The fourth-order valence-electron chi connectivity index (χ4n) is 3.20. The molecule has 2 aromatic carbocycles. The minimum absolute atomic E-state index is 0.0753. The van der Waals surface area contributed by atoms with Gasteiger partial charge in [0.1, 0.15) is 6.54 Å². The number of likely N-dealkylation sites (N-methyl/N-ethyl adjacent to an activating group) is 1. The van der Waals surface area contributed by atoms with Crippen LogP contribution in [0.1, 0.15) is 5.56 Å². The summed E-state index contributed by atoms with van der Waals surface area (Å²) in [6.07, 6.45) is 2.13. The lowest BCUT2D eigenvalue weighted by atomic mass is 10.1. The van der Waals surface area contributed by atoms with Crippen LogP contribution in [0.25, 0.3) is 10.9 Å². The molecule has 0 saturated heterocycles. The molecule has 0 radical (unpaired) electrons. The number of carbonyl (C=O) groups excluding carboxylic acids is 2. The predicted octanol–water partition coefficient (Wildman–Crippen LogP) is 2.72. The number of aromatic nitrogens is 1. The SMILES string of the molecule is CN1C(=O)CN(C(=O)Cc2c[nH]c3ccccc23)c2ccccc21. The van der Waals surface area contributed by atoms with Crippen molar-refractivity contribution in [1.82, 2.24) is 4.98 Å². The van der Waals surface area contributed by atoms with E-state index in [4.69, 9.17) is 0 Å². The molecule has 2 heterocycles. The third-order valence-corrected chi connectivity index (χ3v) is 4.52. The van der Waals surface area contributed by atoms with E-state index in [2.05, 4.69) is 4.98 Å². The van der Waals surface area contributed by atoms with Gasteiger partial charge in [-0.1, -0.05) is 30.3 Å². The molecule has 1 aliphatic rings. The van der Waals surface area contributed by atoms with Gasteiger partial charge in [-0.2, -0.15) is 0 Å². The van der Waals surface area contributed by atoms with Gasteiger partial charge >= 0.3 is 0 Å². The highest BCUT2D eigenvalue weighted by atomic mass is 16.2. The number of nitrogens with zero attached hydrogens (tertiary/aromatic N) is 2. The molecule has 24 heavy (non-hydrogen) atoms. The summed E-state index contributed by atoms with van der Waals surface area (Å²) in [5.74, 6) is -0.158. The second-order valence-corrected chi connectivity index (χ2v) is 5.96. The van der Waals surface area contributed by atoms with Gasteiger partial charge in [0.15, 0.2) is 0 Å². The lowest BCUT2D eigenvalue weighted by molar-refractivity contribution is -0.122. The molecule has 0 aliphatic carbocycles. The van der Waals surface area contributed by atoms with Gasteiger partial charge < -0.3 is 14.8 Å². The number of fused-ring (bicyclic) bond motifs is 2. The Hall–Kier alpha value is -3.08. The van der Waals surface area contributed by atoms with Crippen molar-refractivity contribution in [2.24, 2.45) is 0 Å². The molecule has 1 aromatic heterocycles. The minimum atomic E-state index is -0.0824. The maximum absolute atomic E-state index is 12.9. The first-order valence-electron chi connectivity index (χ1n) is 7.86. The number of aromatic amines is 1. The van der Waals surface area contributed by atoms with E-state index in [1.54, 1.807) is 16.8 Å². The summed E-state index contributed by atoms with van der Waals surface area (Å²) in [7, 11) is 1.74. The van der Waals surface area contributed by atoms with E-state index < -0.39 is 0 Å². The summed E-state index contributed by atoms with van der Waals surface area (Å²) in [4.78, 5) is 31.4. The minimum Gasteiger partial charge on any atom is -0.361 e. The second kappa shape index (κ2) is 5.53. The van der Waals surface area contributed by atoms with E-state index in [0.29, 0.717) is 0 Å². The lowest BCUT2D eigenvalue weighted by Gasteiger charge is -2.34. The van der Waals surface area contributed by atoms with Gasteiger partial charge in [0.2, 0.25) is 11.8 Å². The van der Waals surface area contributed by atoms with Crippen LogP contribution >= 0.6 is 0 Å². The quantitative estimate of drug-likeness (QED) is 0.789. The first-order valence-corrected chi connectivity index (χ1v) is 7.86. The molecule has 0 atom stereocenters. The monoisotopic (exact) mass is 319 g/mol. The van der Waals surface area contributed by atoms with Crippen molar-refractivity contribution in [2.45, 2.75) is 6.42 Å². The average Bonchev–Trinajstić information content (AvgIpc) is 3.01. The summed E-state index contributed by atoms with van der Waals surface area (Å²) in [6.45, 7) is 0.0781. The number of hydrogen-bond acceptors (Lipinski definition) is 2. The first-order chi connectivity index (χ1) is 11.6. The Balaban J connectivity index is 1.67. The van der Waals surface area contributed by atoms with Crippen LogP contribution < -0.4 is 9.80 Å². The van der Waals surface area contributed by atoms with Gasteiger partial charge in [-0.3, -0.25) is 9.59 Å². The third kappa shape index (κ3) is 2.25. The molecular formula is C19H17N3O2. The molecule has 0 unspecified atom stereocenters. The molecule has 4 rings (SSSR count). The molecule has 2 amide bonds. The molecule has 0 bridgehead atoms. The van der Waals surface area contributed by atoms with Crippen LogP contribution in [0.3, 0.4) is 0 Å². The number of para-hydroxylation sites is 3. The zero-order valence-corrected chi connectivity index (χ0v) is 13.3. The fourth-order valence-corrected chi connectivity index (χ4v) is 3.20. The summed E-state index contributed by atoms with van der Waals surface area (Å²) in [5.41, 5.74) is 3.50. The van der Waals surface area contributed by atoms with Crippen LogP contribution in [-0.2, 0) is 16.0 Å². The molecule has 3 aromatic rings. The zero-order valence-electron chi connectivity index (χ0n) is 13.3. The van der Waals surface area contributed by atoms with Gasteiger partial charge in [0.25, 0.3) is 0 Å². The Morgan fingerprint density at radius 2 is 1.79 bits per heavy atom. The predicted molar refractivity (Wildman–Crippen MR) is 94.2 cm³/mol. The summed E-state index contributed by atoms with van der Waals surface area (Å²) in [5, 5.41) is 1.04. The van der Waals surface area contributed by atoms with E-state index in [9.17, 15) is 9.59 Å². The van der Waals surface area contributed by atoms with Gasteiger partial charge in [0, 0.05) is 24.1 Å². The molecule has 0 fully saturated rings. The molecule has 1 N–H and O–H groups in total. The molecular weight excluding hydrogens is 302 g/mol. The Kier molecular flexibility index (Phi) is 3.34. The molecule has 0 spiro atoms. The highest BCUT2D eigenvalue weighted by molar-refractivity contribution is 6.11. The van der Waals surface area contributed by atoms with Crippen molar-refractivity contribution in [2.75, 3.05) is 23.4 Å². The second-order valence-electron chi connectivity index (χ2n) is 5.96. The molecule has 5 nitrogen and oxygen atoms in total. The van der Waals surface area contributed by atoms with Crippen LogP contribution in [0.4, 0.5) is 11.4 Å². The maximum atomic E-state index is 12.9. The van der Waals surface area contributed by atoms with Gasteiger partial charge in [-0.15, -0.1) is 0 Å². The number of benzene rings is 2. The largest absolute Gasteiger partial charge is 0.361 e. The molecule has 5 heteroatoms. The Morgan fingerprint density at radius 1 is 1.08 bits per heavy atom. The van der Waals surface area contributed by atoms with Crippen molar-refractivity contribution in [1.29, 1.82) is 0 Å². The van der Waals surface area contributed by atoms with Crippen molar-refractivity contribution in [3.63, 3.8) is 0 Å². The number of H-pyrrole nitrogens is 1. The summed E-state index contributed by atoms with van der Waals surface area (Å²) in [6, 6.07) is 15.4. The number of amides is 2. The highest BCUT2D eigenvalue weighted by Crippen LogP contribution is 2.33. The Labute approximate surface area is 139 Å². The van der Waals surface area contributed by atoms with E-state index in [-0.39, 0.29) is 24.8 Å². The topological polar surface area (TPSA) is 56.4 Å². The Bertz CT molecular complexity index is 944. The van der Waals surface area contributed by atoms with E-state index in [1.165, 1.54) is 0 Å². The third-order valence-electron chi connectivity index (χ3n) is 4.52. The van der Waals surface area contributed by atoms with Crippen LogP contribution in [0, 0.1) is 0 Å². The van der Waals surface area contributed by atoms with Gasteiger partial charge in [-0.05, 0) is 23.8 Å². The number of hydrogen-bond donors (Lipinski definition) is 1. The number of carbonyl (C=O) groups is 2. The molecule has 0 saturated carbocycles. The smallest absolute Gasteiger partial charge is 0.246 e. The van der Waals surface area contributed by atoms with Crippen molar-refractivity contribution in [3.05, 3.63) is 60.3 Å². The fraction of sp³-hybridized carbons (Fsp3) is 0.158. The van der Waals surface area contributed by atoms with E-state index >= 15 is 0 Å². The number of nitrogens with one attached hydrogen (secondary N) is 1. The van der Waals surface area contributed by atoms with Crippen molar-refractivity contribution in [3.8, 4) is 0 Å². The van der Waals surface area contributed by atoms with Crippen LogP contribution in [0.2, 0.25) is 0 Å². The van der Waals surface area contributed by atoms with E-state index in [1.807, 2.05) is 54.7 Å². The van der Waals surface area contributed by atoms with E-state index in [0.717, 1.165) is 27.8 Å². The maximum Gasteiger partial charge on any atom is 0.246 e. The molecule has 120 valence electrons. The zero-order chi connectivity index (χ0) is 16.7. The van der Waals surface area contributed by atoms with Gasteiger partial charge in [-0.25, -0.2) is 0 Å². The highest BCUT2D eigenvalue weighted by Gasteiger charge is 2.30. The standard InChI is InChI=1S/C19H17N3O2/c1-21-16-8-4-5-9-17(16)22(12-19(21)24)18(23)10-13-11-20-15-7-3-2-6-14(13)15/h2-9,11,20H,10,12H2,1H3.